The minimum Gasteiger partial charge on any atom is -0.492 e. The molecule has 0 spiro atoms. The summed E-state index contributed by atoms with van der Waals surface area (Å²) in [6.45, 7) is 2.56. The number of ether oxygens (including phenoxy) is 1. The van der Waals surface area contributed by atoms with E-state index >= 15 is 0 Å². The van der Waals surface area contributed by atoms with Gasteiger partial charge >= 0.3 is 5.69 Å². The fourth-order valence-electron chi connectivity index (χ4n) is 2.54. The van der Waals surface area contributed by atoms with Gasteiger partial charge in [-0.05, 0) is 37.6 Å². The number of pyridine rings is 1. The molecule has 0 aliphatic carbocycles. The summed E-state index contributed by atoms with van der Waals surface area (Å²) in [5.74, 6) is 0.937. The number of amides is 1. The summed E-state index contributed by atoms with van der Waals surface area (Å²) in [5.41, 5.74) is 0.325. The van der Waals surface area contributed by atoms with Gasteiger partial charge in [-0.2, -0.15) is 9.78 Å². The van der Waals surface area contributed by atoms with E-state index in [0.29, 0.717) is 36.8 Å². The van der Waals surface area contributed by atoms with Gasteiger partial charge in [-0.1, -0.05) is 18.2 Å². The van der Waals surface area contributed by atoms with E-state index in [2.05, 4.69) is 15.4 Å². The Morgan fingerprint density at radius 3 is 2.74 bits per heavy atom. The van der Waals surface area contributed by atoms with E-state index in [-0.39, 0.29) is 18.1 Å². The molecule has 8 nitrogen and oxygen atoms in total. The lowest BCUT2D eigenvalue weighted by Crippen LogP contribution is -2.34. The van der Waals surface area contributed by atoms with Crippen LogP contribution in [0.5, 0.6) is 5.75 Å². The Labute approximate surface area is 156 Å². The normalized spacial score (nSPS) is 10.6. The zero-order valence-electron chi connectivity index (χ0n) is 15.0. The number of aromatic nitrogens is 4. The molecule has 0 saturated carbocycles. The van der Waals surface area contributed by atoms with Gasteiger partial charge in [-0.3, -0.25) is 14.3 Å². The van der Waals surface area contributed by atoms with Crippen molar-refractivity contribution >= 4 is 5.91 Å². The average molecular weight is 367 g/mol. The molecule has 0 radical (unpaired) electrons. The first-order valence-corrected chi connectivity index (χ1v) is 8.66. The molecule has 1 amide bonds. The fraction of sp³-hybridized carbons (Fsp3) is 0.263. The van der Waals surface area contributed by atoms with Crippen LogP contribution in [0.4, 0.5) is 0 Å². The van der Waals surface area contributed by atoms with Gasteiger partial charge in [0.15, 0.2) is 0 Å². The summed E-state index contributed by atoms with van der Waals surface area (Å²) in [4.78, 5) is 28.6. The topological polar surface area (TPSA) is 91.0 Å². The Balaban J connectivity index is 1.50. The monoisotopic (exact) mass is 367 g/mol. The van der Waals surface area contributed by atoms with Gasteiger partial charge in [0.05, 0.1) is 18.5 Å². The number of hydrogen-bond donors (Lipinski definition) is 1. The Bertz CT molecular complexity index is 935. The quantitative estimate of drug-likeness (QED) is 0.607. The third-order valence-electron chi connectivity index (χ3n) is 3.90. The average Bonchev–Trinajstić information content (AvgIpc) is 2.97. The first-order chi connectivity index (χ1) is 13.1. The summed E-state index contributed by atoms with van der Waals surface area (Å²) in [5, 5.41) is 7.03. The van der Waals surface area contributed by atoms with E-state index in [9.17, 15) is 9.59 Å². The highest BCUT2D eigenvalue weighted by atomic mass is 16.5. The van der Waals surface area contributed by atoms with Crippen LogP contribution in [0.15, 0.2) is 59.7 Å². The molecule has 1 N–H and O–H groups in total. The largest absolute Gasteiger partial charge is 0.492 e. The molecule has 0 fully saturated rings. The summed E-state index contributed by atoms with van der Waals surface area (Å²) in [6, 6.07) is 12.7. The molecule has 140 valence electrons. The second-order valence-electron chi connectivity index (χ2n) is 5.90. The van der Waals surface area contributed by atoms with Crippen molar-refractivity contribution in [2.75, 3.05) is 13.2 Å². The second-order valence-corrected chi connectivity index (χ2v) is 5.90. The molecule has 0 aliphatic heterocycles. The zero-order valence-corrected chi connectivity index (χ0v) is 15.0. The van der Waals surface area contributed by atoms with Crippen LogP contribution in [0, 0.1) is 6.92 Å². The van der Waals surface area contributed by atoms with Gasteiger partial charge in [0, 0.05) is 12.7 Å². The number of benzene rings is 1. The molecule has 0 atom stereocenters. The highest BCUT2D eigenvalue weighted by molar-refractivity contribution is 5.75. The summed E-state index contributed by atoms with van der Waals surface area (Å²) in [7, 11) is 0. The molecule has 3 rings (SSSR count). The molecule has 0 aliphatic rings. The van der Waals surface area contributed by atoms with Crippen molar-refractivity contribution in [2.24, 2.45) is 0 Å². The number of aryl methyl sites for hydroxylation is 1. The van der Waals surface area contributed by atoms with Crippen molar-refractivity contribution in [2.45, 2.75) is 19.9 Å². The van der Waals surface area contributed by atoms with Gasteiger partial charge in [0.1, 0.15) is 18.1 Å². The summed E-state index contributed by atoms with van der Waals surface area (Å²) < 4.78 is 8.17. The van der Waals surface area contributed by atoms with Crippen molar-refractivity contribution < 1.29 is 9.53 Å². The van der Waals surface area contributed by atoms with E-state index in [1.54, 1.807) is 37.5 Å². The third-order valence-corrected chi connectivity index (χ3v) is 3.90. The summed E-state index contributed by atoms with van der Waals surface area (Å²) in [6.07, 6.45) is 3.97. The fourth-order valence-corrected chi connectivity index (χ4v) is 2.54. The molecule has 27 heavy (non-hydrogen) atoms. The number of nitrogens with zero attached hydrogens (tertiary/aromatic N) is 4. The first-order valence-electron chi connectivity index (χ1n) is 8.66. The van der Waals surface area contributed by atoms with Gasteiger partial charge < -0.3 is 10.1 Å². The molecule has 1 aromatic carbocycles. The second kappa shape index (κ2) is 8.79. The van der Waals surface area contributed by atoms with Crippen LogP contribution in [0.3, 0.4) is 0 Å². The number of carbonyl (C=O) groups is 1. The minimum atomic E-state index is -0.339. The Morgan fingerprint density at radius 1 is 1.19 bits per heavy atom. The lowest BCUT2D eigenvalue weighted by molar-refractivity contribution is -0.121. The molecule has 3 aromatic rings. The predicted molar refractivity (Wildman–Crippen MR) is 99.9 cm³/mol. The van der Waals surface area contributed by atoms with Crippen molar-refractivity contribution in [3.8, 4) is 11.4 Å². The van der Waals surface area contributed by atoms with Crippen molar-refractivity contribution in [3.63, 3.8) is 0 Å². The van der Waals surface area contributed by atoms with E-state index in [0.717, 1.165) is 0 Å². The number of nitrogens with one attached hydrogen (secondary N) is 1. The number of rotatable bonds is 8. The van der Waals surface area contributed by atoms with Crippen LogP contribution in [-0.4, -0.2) is 38.4 Å². The molecule has 0 unspecified atom stereocenters. The Kier molecular flexibility index (Phi) is 5.98. The molecular formula is C19H21N5O3. The van der Waals surface area contributed by atoms with Crippen molar-refractivity contribution in [1.29, 1.82) is 0 Å². The molecular weight excluding hydrogens is 346 g/mol. The SMILES string of the molecule is Cc1nn(-c2ccccc2)c(=O)n1CC(=O)NCCCOc1cccnc1. The molecule has 2 aromatic heterocycles. The van der Waals surface area contributed by atoms with Crippen molar-refractivity contribution in [3.05, 3.63) is 71.2 Å². The van der Waals surface area contributed by atoms with E-state index in [4.69, 9.17) is 4.74 Å². The highest BCUT2D eigenvalue weighted by Gasteiger charge is 2.14. The molecule has 0 saturated heterocycles. The predicted octanol–water partition coefficient (Wildman–Crippen LogP) is 1.32. The van der Waals surface area contributed by atoms with Gasteiger partial charge in [0.2, 0.25) is 5.91 Å². The van der Waals surface area contributed by atoms with Crippen LogP contribution in [0.1, 0.15) is 12.2 Å². The van der Waals surface area contributed by atoms with E-state index < -0.39 is 0 Å². The van der Waals surface area contributed by atoms with E-state index in [1.165, 1.54) is 9.25 Å². The van der Waals surface area contributed by atoms with Gasteiger partial charge in [-0.25, -0.2) is 4.79 Å². The molecule has 2 heterocycles. The maximum absolute atomic E-state index is 12.5. The van der Waals surface area contributed by atoms with Crippen LogP contribution in [0.2, 0.25) is 0 Å². The lowest BCUT2D eigenvalue weighted by atomic mass is 10.3. The first kappa shape index (κ1) is 18.4. The number of carbonyl (C=O) groups excluding carboxylic acids is 1. The molecule has 0 bridgehead atoms. The number of hydrogen-bond acceptors (Lipinski definition) is 5. The Morgan fingerprint density at radius 2 is 2.00 bits per heavy atom. The highest BCUT2D eigenvalue weighted by Crippen LogP contribution is 2.06. The van der Waals surface area contributed by atoms with Gasteiger partial charge in [-0.15, -0.1) is 0 Å². The number of para-hydroxylation sites is 1. The molecule has 8 heteroatoms. The maximum atomic E-state index is 12.5. The summed E-state index contributed by atoms with van der Waals surface area (Å²) >= 11 is 0. The van der Waals surface area contributed by atoms with Gasteiger partial charge in [0.25, 0.3) is 0 Å². The van der Waals surface area contributed by atoms with Crippen LogP contribution < -0.4 is 15.7 Å². The smallest absolute Gasteiger partial charge is 0.351 e. The zero-order chi connectivity index (χ0) is 19.1. The van der Waals surface area contributed by atoms with E-state index in [1.807, 2.05) is 24.3 Å². The maximum Gasteiger partial charge on any atom is 0.351 e. The lowest BCUT2D eigenvalue weighted by Gasteiger charge is -2.07. The minimum absolute atomic E-state index is 0.0685. The third kappa shape index (κ3) is 4.81. The standard InChI is InChI=1S/C19H21N5O3/c1-15-22-24(16-7-3-2-4-8-16)19(26)23(15)14-18(25)21-11-6-12-27-17-9-5-10-20-13-17/h2-5,7-10,13H,6,11-12,14H2,1H3,(H,21,25). The van der Waals surface area contributed by atoms with Crippen LogP contribution in [-0.2, 0) is 11.3 Å². The van der Waals surface area contributed by atoms with Crippen LogP contribution >= 0.6 is 0 Å². The van der Waals surface area contributed by atoms with Crippen LogP contribution in [0.25, 0.3) is 5.69 Å². The Hall–Kier alpha value is -3.42. The van der Waals surface area contributed by atoms with Crippen molar-refractivity contribution in [1.82, 2.24) is 24.6 Å².